The Balaban J connectivity index is 1.37. The van der Waals surface area contributed by atoms with Crippen molar-refractivity contribution in [1.29, 1.82) is 0 Å². The number of amides is 1. The van der Waals surface area contributed by atoms with E-state index in [-0.39, 0.29) is 5.91 Å². The van der Waals surface area contributed by atoms with E-state index in [1.165, 1.54) is 24.9 Å². The fraction of sp³-hybridized carbons (Fsp3) is 0.261. The quantitative estimate of drug-likeness (QED) is 0.665. The highest BCUT2D eigenvalue weighted by molar-refractivity contribution is 5.93. The number of pyridine rings is 2. The molecular formula is C23H25N5O. The average Bonchev–Trinajstić information content (AvgIpc) is 2.79. The fourth-order valence-corrected chi connectivity index (χ4v) is 3.48. The van der Waals surface area contributed by atoms with Crippen molar-refractivity contribution in [2.24, 2.45) is 0 Å². The van der Waals surface area contributed by atoms with E-state index in [9.17, 15) is 4.79 Å². The summed E-state index contributed by atoms with van der Waals surface area (Å²) in [7, 11) is 0. The molecule has 0 unspecified atom stereocenters. The summed E-state index contributed by atoms with van der Waals surface area (Å²) in [5.41, 5.74) is 4.41. The van der Waals surface area contributed by atoms with Crippen LogP contribution in [-0.2, 0) is 6.54 Å². The largest absolute Gasteiger partial charge is 0.372 e. The third-order valence-corrected chi connectivity index (χ3v) is 5.05. The molecule has 29 heavy (non-hydrogen) atoms. The molecule has 1 saturated heterocycles. The van der Waals surface area contributed by atoms with Crippen LogP contribution in [0.4, 0.5) is 17.1 Å². The van der Waals surface area contributed by atoms with Crippen molar-refractivity contribution in [2.75, 3.05) is 23.3 Å². The van der Waals surface area contributed by atoms with Crippen LogP contribution in [0.5, 0.6) is 0 Å². The van der Waals surface area contributed by atoms with E-state index in [4.69, 9.17) is 0 Å². The number of hydrogen-bond donors (Lipinski definition) is 2. The van der Waals surface area contributed by atoms with Crippen molar-refractivity contribution in [3.63, 3.8) is 0 Å². The summed E-state index contributed by atoms with van der Waals surface area (Å²) in [6.45, 7) is 2.69. The lowest BCUT2D eigenvalue weighted by Crippen LogP contribution is -2.29. The minimum atomic E-state index is -0.210. The second kappa shape index (κ2) is 9.19. The number of carbonyl (C=O) groups is 1. The zero-order valence-corrected chi connectivity index (χ0v) is 16.3. The topological polar surface area (TPSA) is 70.2 Å². The molecule has 2 aromatic heterocycles. The molecule has 0 saturated carbocycles. The Morgan fingerprint density at radius 3 is 2.55 bits per heavy atom. The maximum absolute atomic E-state index is 12.4. The highest BCUT2D eigenvalue weighted by Crippen LogP contribution is 2.23. The predicted molar refractivity (Wildman–Crippen MR) is 115 cm³/mol. The molecule has 0 spiro atoms. The second-order valence-electron chi connectivity index (χ2n) is 7.19. The minimum absolute atomic E-state index is 0.210. The van der Waals surface area contributed by atoms with Gasteiger partial charge in [-0.15, -0.1) is 0 Å². The molecular weight excluding hydrogens is 362 g/mol. The normalized spacial score (nSPS) is 13.7. The van der Waals surface area contributed by atoms with Crippen LogP contribution >= 0.6 is 0 Å². The summed E-state index contributed by atoms with van der Waals surface area (Å²) in [5, 5.41) is 6.23. The van der Waals surface area contributed by atoms with Crippen LogP contribution in [0, 0.1) is 0 Å². The van der Waals surface area contributed by atoms with Gasteiger partial charge in [0.15, 0.2) is 0 Å². The van der Waals surface area contributed by atoms with Gasteiger partial charge in [0.25, 0.3) is 5.91 Å². The standard InChI is InChI=1S/C23H25N5O/c29-23(26-17-18-5-4-11-24-16-18)22-15-20(10-12-25-22)27-19-6-8-21(9-7-19)28-13-2-1-3-14-28/h4-12,15-16H,1-3,13-14,17H2,(H,25,27)(H,26,29). The van der Waals surface area contributed by atoms with Gasteiger partial charge in [-0.2, -0.15) is 0 Å². The highest BCUT2D eigenvalue weighted by Gasteiger charge is 2.11. The van der Waals surface area contributed by atoms with Gasteiger partial charge in [0.2, 0.25) is 0 Å². The van der Waals surface area contributed by atoms with Gasteiger partial charge in [-0.25, -0.2) is 0 Å². The van der Waals surface area contributed by atoms with Gasteiger partial charge >= 0.3 is 0 Å². The molecule has 3 aromatic rings. The number of hydrogen-bond acceptors (Lipinski definition) is 5. The Bertz CT molecular complexity index is 937. The third kappa shape index (κ3) is 5.10. The van der Waals surface area contributed by atoms with Crippen molar-refractivity contribution in [1.82, 2.24) is 15.3 Å². The first-order chi connectivity index (χ1) is 14.3. The first-order valence-corrected chi connectivity index (χ1v) is 10.0. The van der Waals surface area contributed by atoms with Crippen LogP contribution in [0.15, 0.2) is 67.1 Å². The summed E-state index contributed by atoms with van der Waals surface area (Å²) < 4.78 is 0. The molecule has 4 rings (SSSR count). The van der Waals surface area contributed by atoms with E-state index in [0.717, 1.165) is 30.0 Å². The predicted octanol–water partition coefficient (Wildman–Crippen LogP) is 4.14. The van der Waals surface area contributed by atoms with Crippen LogP contribution in [0.3, 0.4) is 0 Å². The van der Waals surface area contributed by atoms with Crippen molar-refractivity contribution >= 4 is 23.0 Å². The molecule has 0 aliphatic carbocycles. The maximum atomic E-state index is 12.4. The Morgan fingerprint density at radius 1 is 0.966 bits per heavy atom. The molecule has 3 heterocycles. The van der Waals surface area contributed by atoms with Crippen LogP contribution in [0.1, 0.15) is 35.3 Å². The summed E-state index contributed by atoms with van der Waals surface area (Å²) in [6.07, 6.45) is 8.95. The SMILES string of the molecule is O=C(NCc1cccnc1)c1cc(Nc2ccc(N3CCCCC3)cc2)ccn1. The van der Waals surface area contributed by atoms with E-state index in [1.54, 1.807) is 24.7 Å². The molecule has 6 nitrogen and oxygen atoms in total. The molecule has 2 N–H and O–H groups in total. The molecule has 1 aliphatic heterocycles. The van der Waals surface area contributed by atoms with Gasteiger partial charge in [-0.3, -0.25) is 14.8 Å². The van der Waals surface area contributed by atoms with E-state index >= 15 is 0 Å². The van der Waals surface area contributed by atoms with Crippen LogP contribution in [-0.4, -0.2) is 29.0 Å². The first kappa shape index (κ1) is 18.9. The van der Waals surface area contributed by atoms with E-state index in [0.29, 0.717) is 12.2 Å². The van der Waals surface area contributed by atoms with Gasteiger partial charge < -0.3 is 15.5 Å². The Hall–Kier alpha value is -3.41. The van der Waals surface area contributed by atoms with Gasteiger partial charge in [0.1, 0.15) is 5.69 Å². The average molecular weight is 387 g/mol. The summed E-state index contributed by atoms with van der Waals surface area (Å²) >= 11 is 0. The number of piperidine rings is 1. The number of benzene rings is 1. The molecule has 1 aromatic carbocycles. The highest BCUT2D eigenvalue weighted by atomic mass is 16.1. The van der Waals surface area contributed by atoms with Gasteiger partial charge in [-0.05, 0) is 67.3 Å². The van der Waals surface area contributed by atoms with Crippen LogP contribution in [0.25, 0.3) is 0 Å². The summed E-state index contributed by atoms with van der Waals surface area (Å²) in [5.74, 6) is -0.210. The number of nitrogens with zero attached hydrogens (tertiary/aromatic N) is 3. The Kier molecular flexibility index (Phi) is 6.00. The zero-order valence-electron chi connectivity index (χ0n) is 16.3. The van der Waals surface area contributed by atoms with E-state index in [1.807, 2.05) is 18.2 Å². The maximum Gasteiger partial charge on any atom is 0.270 e. The monoisotopic (exact) mass is 387 g/mol. The molecule has 148 valence electrons. The molecule has 1 aliphatic rings. The summed E-state index contributed by atoms with van der Waals surface area (Å²) in [6, 6.07) is 15.8. The lowest BCUT2D eigenvalue weighted by molar-refractivity contribution is 0.0946. The van der Waals surface area contributed by atoms with Gasteiger partial charge in [0.05, 0.1) is 0 Å². The number of anilines is 3. The summed E-state index contributed by atoms with van der Waals surface area (Å²) in [4.78, 5) is 23.1. The molecule has 0 bridgehead atoms. The van der Waals surface area contributed by atoms with Gasteiger partial charge in [0, 0.05) is 55.3 Å². The first-order valence-electron chi connectivity index (χ1n) is 10.0. The van der Waals surface area contributed by atoms with Crippen LogP contribution < -0.4 is 15.5 Å². The minimum Gasteiger partial charge on any atom is -0.372 e. The molecule has 1 fully saturated rings. The van der Waals surface area contributed by atoms with E-state index in [2.05, 4.69) is 49.8 Å². The zero-order chi connectivity index (χ0) is 19.9. The van der Waals surface area contributed by atoms with Gasteiger partial charge in [-0.1, -0.05) is 6.07 Å². The number of carbonyl (C=O) groups excluding carboxylic acids is 1. The van der Waals surface area contributed by atoms with Crippen LogP contribution in [0.2, 0.25) is 0 Å². The fourth-order valence-electron chi connectivity index (χ4n) is 3.48. The van der Waals surface area contributed by atoms with Crippen molar-refractivity contribution in [3.8, 4) is 0 Å². The van der Waals surface area contributed by atoms with E-state index < -0.39 is 0 Å². The number of aromatic nitrogens is 2. The smallest absolute Gasteiger partial charge is 0.270 e. The van der Waals surface area contributed by atoms with Crippen molar-refractivity contribution < 1.29 is 4.79 Å². The lowest BCUT2D eigenvalue weighted by Gasteiger charge is -2.28. The lowest BCUT2D eigenvalue weighted by atomic mass is 10.1. The number of nitrogens with one attached hydrogen (secondary N) is 2. The van der Waals surface area contributed by atoms with Crippen molar-refractivity contribution in [2.45, 2.75) is 25.8 Å². The Morgan fingerprint density at radius 2 is 1.79 bits per heavy atom. The van der Waals surface area contributed by atoms with Crippen molar-refractivity contribution in [3.05, 3.63) is 78.4 Å². The second-order valence-corrected chi connectivity index (χ2v) is 7.19. The Labute approximate surface area is 171 Å². The molecule has 6 heteroatoms. The molecule has 0 radical (unpaired) electrons. The third-order valence-electron chi connectivity index (χ3n) is 5.05. The molecule has 1 amide bonds. The molecule has 0 atom stereocenters. The number of rotatable bonds is 6.